The average molecular weight is 451 g/mol. The van der Waals surface area contributed by atoms with Gasteiger partial charge in [0.2, 0.25) is 0 Å². The van der Waals surface area contributed by atoms with Crippen molar-refractivity contribution in [1.82, 2.24) is 20.5 Å². The SMILES string of the molecule is CN=C(NCCN1CCCCC1)NCc1nc(C(C)C)cs1.I. The lowest BCUT2D eigenvalue weighted by Gasteiger charge is -2.26. The molecule has 0 spiro atoms. The van der Waals surface area contributed by atoms with Crippen LogP contribution in [0.25, 0.3) is 0 Å². The van der Waals surface area contributed by atoms with E-state index in [1.165, 1.54) is 38.0 Å². The number of nitrogens with zero attached hydrogens (tertiary/aromatic N) is 3. The quantitative estimate of drug-likeness (QED) is 0.397. The molecule has 0 aromatic carbocycles. The second-order valence-electron chi connectivity index (χ2n) is 6.08. The summed E-state index contributed by atoms with van der Waals surface area (Å²) >= 11 is 1.71. The molecule has 132 valence electrons. The minimum absolute atomic E-state index is 0. The van der Waals surface area contributed by atoms with Crippen LogP contribution in [0.4, 0.5) is 0 Å². The van der Waals surface area contributed by atoms with Gasteiger partial charge < -0.3 is 15.5 Å². The van der Waals surface area contributed by atoms with Crippen molar-refractivity contribution >= 4 is 41.3 Å². The van der Waals surface area contributed by atoms with Crippen LogP contribution in [0.15, 0.2) is 10.4 Å². The normalized spacial score (nSPS) is 16.3. The molecule has 0 saturated carbocycles. The Labute approximate surface area is 161 Å². The van der Waals surface area contributed by atoms with E-state index in [9.17, 15) is 0 Å². The van der Waals surface area contributed by atoms with Crippen LogP contribution in [0.3, 0.4) is 0 Å². The molecule has 0 atom stereocenters. The largest absolute Gasteiger partial charge is 0.355 e. The van der Waals surface area contributed by atoms with E-state index in [1.54, 1.807) is 11.3 Å². The van der Waals surface area contributed by atoms with Crippen LogP contribution in [0.5, 0.6) is 0 Å². The van der Waals surface area contributed by atoms with Crippen LogP contribution in [0.2, 0.25) is 0 Å². The zero-order valence-corrected chi connectivity index (χ0v) is 17.6. The van der Waals surface area contributed by atoms with E-state index < -0.39 is 0 Å². The zero-order chi connectivity index (χ0) is 15.8. The van der Waals surface area contributed by atoms with E-state index >= 15 is 0 Å². The first-order valence-corrected chi connectivity index (χ1v) is 9.18. The predicted molar refractivity (Wildman–Crippen MR) is 110 cm³/mol. The molecule has 1 aliphatic heterocycles. The van der Waals surface area contributed by atoms with Crippen LogP contribution in [0.1, 0.15) is 49.7 Å². The molecule has 5 nitrogen and oxygen atoms in total. The first kappa shape index (κ1) is 20.6. The third-order valence-electron chi connectivity index (χ3n) is 3.96. The van der Waals surface area contributed by atoms with E-state index in [0.29, 0.717) is 5.92 Å². The summed E-state index contributed by atoms with van der Waals surface area (Å²) in [6.45, 7) is 9.60. The molecule has 2 N–H and O–H groups in total. The van der Waals surface area contributed by atoms with Crippen molar-refractivity contribution in [2.75, 3.05) is 33.2 Å². The van der Waals surface area contributed by atoms with Gasteiger partial charge in [-0.2, -0.15) is 0 Å². The Morgan fingerprint density at radius 2 is 2.04 bits per heavy atom. The van der Waals surface area contributed by atoms with Gasteiger partial charge in [0.05, 0.1) is 12.2 Å². The Bertz CT molecular complexity index is 469. The molecule has 0 aliphatic carbocycles. The van der Waals surface area contributed by atoms with E-state index in [2.05, 4.69) is 44.7 Å². The predicted octanol–water partition coefficient (Wildman–Crippen LogP) is 3.04. The maximum absolute atomic E-state index is 4.63. The van der Waals surface area contributed by atoms with E-state index in [4.69, 9.17) is 0 Å². The van der Waals surface area contributed by atoms with Gasteiger partial charge in [0.1, 0.15) is 5.01 Å². The van der Waals surface area contributed by atoms with Crippen LogP contribution >= 0.6 is 35.3 Å². The maximum Gasteiger partial charge on any atom is 0.191 e. The van der Waals surface area contributed by atoms with Crippen molar-refractivity contribution in [3.63, 3.8) is 0 Å². The highest BCUT2D eigenvalue weighted by atomic mass is 127. The summed E-state index contributed by atoms with van der Waals surface area (Å²) in [6, 6.07) is 0. The van der Waals surface area contributed by atoms with Gasteiger partial charge in [-0.1, -0.05) is 20.3 Å². The number of hydrogen-bond donors (Lipinski definition) is 2. The van der Waals surface area contributed by atoms with Gasteiger partial charge >= 0.3 is 0 Å². The standard InChI is InChI=1S/C16H29N5S.HI/c1-13(2)14-12-22-15(20-14)11-19-16(17-3)18-7-10-21-8-5-4-6-9-21;/h12-13H,4-11H2,1-3H3,(H2,17,18,19);1H. The molecule has 0 bridgehead atoms. The Balaban J connectivity index is 0.00000264. The molecule has 1 fully saturated rings. The van der Waals surface area contributed by atoms with E-state index in [0.717, 1.165) is 30.6 Å². The monoisotopic (exact) mass is 451 g/mol. The Hall–Kier alpha value is -0.410. The number of nitrogens with one attached hydrogen (secondary N) is 2. The number of rotatable bonds is 6. The van der Waals surface area contributed by atoms with Gasteiger partial charge in [-0.25, -0.2) is 4.98 Å². The summed E-state index contributed by atoms with van der Waals surface area (Å²) in [6.07, 6.45) is 4.07. The van der Waals surface area contributed by atoms with Gasteiger partial charge in [-0.15, -0.1) is 35.3 Å². The van der Waals surface area contributed by atoms with Gasteiger partial charge in [-0.05, 0) is 31.8 Å². The van der Waals surface area contributed by atoms with Crippen LogP contribution in [-0.2, 0) is 6.54 Å². The van der Waals surface area contributed by atoms with Gasteiger partial charge in [0, 0.05) is 25.5 Å². The van der Waals surface area contributed by atoms with Crippen LogP contribution in [0, 0.1) is 0 Å². The lowest BCUT2D eigenvalue weighted by Crippen LogP contribution is -2.42. The summed E-state index contributed by atoms with van der Waals surface area (Å²) in [5, 5.41) is 10.00. The number of likely N-dealkylation sites (tertiary alicyclic amines) is 1. The Morgan fingerprint density at radius 1 is 1.30 bits per heavy atom. The zero-order valence-electron chi connectivity index (χ0n) is 14.5. The second kappa shape index (κ2) is 11.2. The number of hydrogen-bond acceptors (Lipinski definition) is 4. The third-order valence-corrected chi connectivity index (χ3v) is 4.83. The molecule has 0 amide bonds. The van der Waals surface area contributed by atoms with E-state index in [1.807, 2.05) is 7.05 Å². The molecule has 23 heavy (non-hydrogen) atoms. The van der Waals surface area contributed by atoms with Crippen molar-refractivity contribution in [3.05, 3.63) is 16.1 Å². The molecule has 1 saturated heterocycles. The minimum atomic E-state index is 0. The summed E-state index contributed by atoms with van der Waals surface area (Å²) < 4.78 is 0. The van der Waals surface area contributed by atoms with Crippen molar-refractivity contribution in [2.45, 2.75) is 45.6 Å². The molecule has 2 heterocycles. The van der Waals surface area contributed by atoms with Gasteiger partial charge in [-0.3, -0.25) is 4.99 Å². The van der Waals surface area contributed by atoms with E-state index in [-0.39, 0.29) is 24.0 Å². The fourth-order valence-electron chi connectivity index (χ4n) is 2.57. The topological polar surface area (TPSA) is 52.6 Å². The number of aromatic nitrogens is 1. The fourth-order valence-corrected chi connectivity index (χ4v) is 3.46. The summed E-state index contributed by atoms with van der Waals surface area (Å²) in [5.41, 5.74) is 1.18. The second-order valence-corrected chi connectivity index (χ2v) is 7.02. The highest BCUT2D eigenvalue weighted by Gasteiger charge is 2.10. The Kier molecular flexibility index (Phi) is 10.0. The molecule has 0 radical (unpaired) electrons. The molecule has 2 rings (SSSR count). The molecular weight excluding hydrogens is 421 g/mol. The lowest BCUT2D eigenvalue weighted by molar-refractivity contribution is 0.232. The molecule has 0 unspecified atom stereocenters. The maximum atomic E-state index is 4.63. The highest BCUT2D eigenvalue weighted by molar-refractivity contribution is 14.0. The minimum Gasteiger partial charge on any atom is -0.355 e. The first-order valence-electron chi connectivity index (χ1n) is 8.30. The van der Waals surface area contributed by atoms with Crippen LogP contribution < -0.4 is 10.6 Å². The number of halogens is 1. The molecule has 1 aromatic heterocycles. The van der Waals surface area contributed by atoms with Crippen molar-refractivity contribution < 1.29 is 0 Å². The average Bonchev–Trinajstić information content (AvgIpc) is 3.01. The highest BCUT2D eigenvalue weighted by Crippen LogP contribution is 2.17. The first-order chi connectivity index (χ1) is 10.7. The van der Waals surface area contributed by atoms with Crippen molar-refractivity contribution in [1.29, 1.82) is 0 Å². The summed E-state index contributed by atoms with van der Waals surface area (Å²) in [7, 11) is 1.82. The van der Waals surface area contributed by atoms with Crippen molar-refractivity contribution in [2.24, 2.45) is 4.99 Å². The number of piperidine rings is 1. The summed E-state index contributed by atoms with van der Waals surface area (Å²) in [4.78, 5) is 11.4. The molecule has 7 heteroatoms. The number of thiazole rings is 1. The summed E-state index contributed by atoms with van der Waals surface area (Å²) in [5.74, 6) is 1.35. The molecular formula is C16H30IN5S. The third kappa shape index (κ3) is 7.34. The molecule has 1 aliphatic rings. The van der Waals surface area contributed by atoms with Gasteiger partial charge in [0.15, 0.2) is 5.96 Å². The Morgan fingerprint density at radius 3 is 2.65 bits per heavy atom. The smallest absolute Gasteiger partial charge is 0.191 e. The lowest BCUT2D eigenvalue weighted by atomic mass is 10.1. The van der Waals surface area contributed by atoms with Gasteiger partial charge in [0.25, 0.3) is 0 Å². The number of guanidine groups is 1. The van der Waals surface area contributed by atoms with Crippen LogP contribution in [-0.4, -0.2) is 49.1 Å². The molecule has 1 aromatic rings. The number of aliphatic imine (C=N–C) groups is 1. The fraction of sp³-hybridized carbons (Fsp3) is 0.750. The van der Waals surface area contributed by atoms with Crippen molar-refractivity contribution in [3.8, 4) is 0 Å².